The Bertz CT molecular complexity index is 1190. The van der Waals surface area contributed by atoms with Crippen LogP contribution in [0.1, 0.15) is 51.0 Å². The van der Waals surface area contributed by atoms with Gasteiger partial charge < -0.3 is 9.47 Å². The van der Waals surface area contributed by atoms with Crippen molar-refractivity contribution in [3.05, 3.63) is 101 Å². The molecule has 38 heavy (non-hydrogen) atoms. The van der Waals surface area contributed by atoms with Gasteiger partial charge in [-0.05, 0) is 47.2 Å². The molecule has 1 fully saturated rings. The van der Waals surface area contributed by atoms with Crippen LogP contribution in [-0.4, -0.2) is 25.2 Å². The minimum absolute atomic E-state index is 0.0814. The van der Waals surface area contributed by atoms with Crippen molar-refractivity contribution in [2.75, 3.05) is 18.3 Å². The molecule has 0 aliphatic carbocycles. The average molecular weight is 581 g/mol. The summed E-state index contributed by atoms with van der Waals surface area (Å²) in [5, 5.41) is 1.66. The molecule has 4 rings (SSSR count). The summed E-state index contributed by atoms with van der Waals surface area (Å²) in [6.45, 7) is 8.16. The van der Waals surface area contributed by atoms with E-state index in [4.69, 9.17) is 14.3 Å². The third-order valence-corrected chi connectivity index (χ3v) is 6.90. The maximum Gasteiger partial charge on any atom is 0.329 e. The van der Waals surface area contributed by atoms with Crippen LogP contribution in [0.15, 0.2) is 89.4 Å². The zero-order valence-corrected chi connectivity index (χ0v) is 23.8. The van der Waals surface area contributed by atoms with E-state index >= 15 is 0 Å². The molecule has 0 bridgehead atoms. The van der Waals surface area contributed by atoms with Gasteiger partial charge in [-0.1, -0.05) is 104 Å². The molecule has 0 aromatic heterocycles. The molecule has 0 N–H and O–H groups in total. The van der Waals surface area contributed by atoms with Crippen LogP contribution in [-0.2, 0) is 23.9 Å². The highest BCUT2D eigenvalue weighted by atomic mass is 79.9. The van der Waals surface area contributed by atoms with Crippen molar-refractivity contribution in [2.45, 2.75) is 39.8 Å². The SMILES string of the molecule is CC(C)COC(=O)C1(C(=O)OCC(C)C)[C@H](c2ccccc2)N(c2ccc(Br)cc2)O[C@H]1c1ccccc1. The third-order valence-electron chi connectivity index (χ3n) is 6.37. The van der Waals surface area contributed by atoms with Crippen molar-refractivity contribution >= 4 is 33.6 Å². The Kier molecular flexibility index (Phi) is 8.90. The van der Waals surface area contributed by atoms with E-state index in [9.17, 15) is 9.59 Å². The summed E-state index contributed by atoms with van der Waals surface area (Å²) in [7, 11) is 0. The van der Waals surface area contributed by atoms with Gasteiger partial charge in [0.15, 0.2) is 0 Å². The van der Waals surface area contributed by atoms with Crippen molar-refractivity contribution in [3.63, 3.8) is 0 Å². The Morgan fingerprint density at radius 3 is 1.74 bits per heavy atom. The number of benzene rings is 3. The molecule has 0 unspecified atom stereocenters. The molecule has 200 valence electrons. The number of anilines is 1. The summed E-state index contributed by atoms with van der Waals surface area (Å²) in [6, 6.07) is 25.5. The van der Waals surface area contributed by atoms with Gasteiger partial charge in [-0.3, -0.25) is 14.4 Å². The highest BCUT2D eigenvalue weighted by Crippen LogP contribution is 2.58. The number of hydrogen-bond donors (Lipinski definition) is 0. The van der Waals surface area contributed by atoms with Crippen molar-refractivity contribution in [1.82, 2.24) is 0 Å². The number of hydrogen-bond acceptors (Lipinski definition) is 6. The zero-order chi connectivity index (χ0) is 27.3. The fourth-order valence-electron chi connectivity index (χ4n) is 4.61. The minimum atomic E-state index is -1.83. The minimum Gasteiger partial charge on any atom is -0.464 e. The molecule has 1 heterocycles. The van der Waals surface area contributed by atoms with Crippen LogP contribution >= 0.6 is 15.9 Å². The Labute approximate surface area is 233 Å². The summed E-state index contributed by atoms with van der Waals surface area (Å²) >= 11 is 3.49. The number of hydroxylamine groups is 1. The highest BCUT2D eigenvalue weighted by Gasteiger charge is 2.69. The number of ether oxygens (including phenoxy) is 2. The number of carbonyl (C=O) groups excluding carboxylic acids is 2. The molecular weight excluding hydrogens is 546 g/mol. The molecule has 1 aliphatic rings. The van der Waals surface area contributed by atoms with Crippen LogP contribution in [0.4, 0.5) is 5.69 Å². The van der Waals surface area contributed by atoms with Crippen LogP contribution in [0, 0.1) is 17.3 Å². The Morgan fingerprint density at radius 2 is 1.26 bits per heavy atom. The standard InChI is InChI=1S/C31H34BrNO5/c1-21(2)19-36-29(34)31(30(35)37-20-22(3)4)27(23-11-7-5-8-12-23)33(26-17-15-25(32)16-18-26)38-28(31)24-13-9-6-10-14-24/h5-18,21-22,27-28H,19-20H2,1-4H3/t27-,28-/m0/s1. The summed E-state index contributed by atoms with van der Waals surface area (Å²) < 4.78 is 12.6. The first kappa shape index (κ1) is 27.9. The lowest BCUT2D eigenvalue weighted by Crippen LogP contribution is -2.50. The first-order valence-corrected chi connectivity index (χ1v) is 13.7. The van der Waals surface area contributed by atoms with Gasteiger partial charge in [0.2, 0.25) is 5.41 Å². The van der Waals surface area contributed by atoms with Crippen molar-refractivity contribution < 1.29 is 23.9 Å². The van der Waals surface area contributed by atoms with Gasteiger partial charge in [0, 0.05) is 4.47 Å². The summed E-state index contributed by atoms with van der Waals surface area (Å²) in [6.07, 6.45) is -0.989. The quantitative estimate of drug-likeness (QED) is 0.199. The van der Waals surface area contributed by atoms with E-state index in [1.165, 1.54) is 0 Å². The van der Waals surface area contributed by atoms with E-state index in [1.807, 2.05) is 113 Å². The topological polar surface area (TPSA) is 65.1 Å². The van der Waals surface area contributed by atoms with E-state index in [1.54, 1.807) is 5.06 Å². The second-order valence-corrected chi connectivity index (χ2v) is 11.3. The van der Waals surface area contributed by atoms with E-state index in [0.29, 0.717) is 11.3 Å². The van der Waals surface area contributed by atoms with Gasteiger partial charge in [-0.2, -0.15) is 0 Å². The lowest BCUT2D eigenvalue weighted by Gasteiger charge is -2.35. The maximum atomic E-state index is 14.3. The molecule has 7 heteroatoms. The molecule has 0 amide bonds. The average Bonchev–Trinajstić information content (AvgIpc) is 3.29. The molecule has 0 spiro atoms. The summed E-state index contributed by atoms with van der Waals surface area (Å²) in [5.74, 6) is -1.17. The molecular formula is C31H34BrNO5. The zero-order valence-electron chi connectivity index (χ0n) is 22.2. The van der Waals surface area contributed by atoms with E-state index < -0.39 is 29.5 Å². The number of esters is 2. The molecule has 3 aromatic carbocycles. The van der Waals surface area contributed by atoms with Crippen LogP contribution in [0.2, 0.25) is 0 Å². The molecule has 0 saturated carbocycles. The van der Waals surface area contributed by atoms with Gasteiger partial charge in [0.1, 0.15) is 12.1 Å². The van der Waals surface area contributed by atoms with Gasteiger partial charge in [-0.15, -0.1) is 0 Å². The predicted molar refractivity (Wildman–Crippen MR) is 150 cm³/mol. The maximum absolute atomic E-state index is 14.3. The largest absolute Gasteiger partial charge is 0.464 e. The lowest BCUT2D eigenvalue weighted by molar-refractivity contribution is -0.179. The van der Waals surface area contributed by atoms with Gasteiger partial charge in [-0.25, -0.2) is 5.06 Å². The second-order valence-electron chi connectivity index (χ2n) is 10.4. The van der Waals surface area contributed by atoms with Crippen LogP contribution < -0.4 is 5.06 Å². The van der Waals surface area contributed by atoms with Gasteiger partial charge in [0.05, 0.1) is 18.9 Å². The summed E-state index contributed by atoms with van der Waals surface area (Å²) in [4.78, 5) is 35.3. The Morgan fingerprint density at radius 1 is 0.789 bits per heavy atom. The van der Waals surface area contributed by atoms with Crippen LogP contribution in [0.25, 0.3) is 0 Å². The Balaban J connectivity index is 1.98. The van der Waals surface area contributed by atoms with Crippen LogP contribution in [0.5, 0.6) is 0 Å². The number of rotatable bonds is 9. The van der Waals surface area contributed by atoms with E-state index in [2.05, 4.69) is 15.9 Å². The lowest BCUT2D eigenvalue weighted by atomic mass is 9.71. The van der Waals surface area contributed by atoms with Gasteiger partial charge in [0.25, 0.3) is 0 Å². The molecule has 6 nitrogen and oxygen atoms in total. The number of halogens is 1. The molecule has 1 saturated heterocycles. The number of carbonyl (C=O) groups is 2. The van der Waals surface area contributed by atoms with Crippen LogP contribution in [0.3, 0.4) is 0 Å². The first-order chi connectivity index (χ1) is 18.2. The van der Waals surface area contributed by atoms with E-state index in [-0.39, 0.29) is 25.0 Å². The van der Waals surface area contributed by atoms with Crippen molar-refractivity contribution in [3.8, 4) is 0 Å². The third kappa shape index (κ3) is 5.64. The Hall–Kier alpha value is -3.16. The molecule has 2 atom stereocenters. The monoisotopic (exact) mass is 579 g/mol. The van der Waals surface area contributed by atoms with E-state index in [0.717, 1.165) is 10.0 Å². The smallest absolute Gasteiger partial charge is 0.329 e. The van der Waals surface area contributed by atoms with Gasteiger partial charge >= 0.3 is 11.9 Å². The normalized spacial score (nSPS) is 18.6. The number of nitrogens with zero attached hydrogens (tertiary/aromatic N) is 1. The highest BCUT2D eigenvalue weighted by molar-refractivity contribution is 9.10. The molecule has 1 aliphatic heterocycles. The summed E-state index contributed by atoms with van der Waals surface area (Å²) in [5.41, 5.74) is 0.269. The first-order valence-electron chi connectivity index (χ1n) is 12.9. The molecule has 3 aromatic rings. The fourth-order valence-corrected chi connectivity index (χ4v) is 4.88. The predicted octanol–water partition coefficient (Wildman–Crippen LogP) is 7.07. The van der Waals surface area contributed by atoms with Crippen molar-refractivity contribution in [2.24, 2.45) is 17.3 Å². The fraction of sp³-hybridized carbons (Fsp3) is 0.355. The van der Waals surface area contributed by atoms with Crippen molar-refractivity contribution in [1.29, 1.82) is 0 Å². The second kappa shape index (κ2) is 12.1. The molecule has 0 radical (unpaired) electrons.